The van der Waals surface area contributed by atoms with E-state index in [4.69, 9.17) is 0 Å². The topological polar surface area (TPSA) is 53.7 Å². The molecule has 0 aliphatic carbocycles. The van der Waals surface area contributed by atoms with Gasteiger partial charge in [0.05, 0.1) is 10.9 Å². The SMILES string of the molecule is Oc1c([C@H](c2ccccc2)N2CCCCC2)sc2ncnn12. The molecule has 114 valence electrons. The molecule has 0 spiro atoms. The predicted molar refractivity (Wildman–Crippen MR) is 86.2 cm³/mol. The van der Waals surface area contributed by atoms with Crippen LogP contribution in [0.15, 0.2) is 36.7 Å². The van der Waals surface area contributed by atoms with E-state index in [1.807, 2.05) is 6.07 Å². The Morgan fingerprint density at radius 2 is 1.86 bits per heavy atom. The van der Waals surface area contributed by atoms with Crippen LogP contribution in [0, 0.1) is 0 Å². The number of hydrogen-bond donors (Lipinski definition) is 1. The lowest BCUT2D eigenvalue weighted by atomic mass is 10.0. The van der Waals surface area contributed by atoms with Gasteiger partial charge in [-0.15, -0.1) is 0 Å². The number of likely N-dealkylation sites (tertiary alicyclic amines) is 1. The number of fused-ring (bicyclic) bond motifs is 1. The highest BCUT2D eigenvalue weighted by atomic mass is 32.1. The minimum Gasteiger partial charge on any atom is -0.492 e. The largest absolute Gasteiger partial charge is 0.492 e. The third-order valence-electron chi connectivity index (χ3n) is 4.26. The molecule has 1 aromatic carbocycles. The van der Waals surface area contributed by atoms with Gasteiger partial charge in [-0.1, -0.05) is 48.1 Å². The van der Waals surface area contributed by atoms with Crippen molar-refractivity contribution in [2.45, 2.75) is 25.3 Å². The summed E-state index contributed by atoms with van der Waals surface area (Å²) in [4.78, 5) is 8.35. The second-order valence-corrected chi connectivity index (χ2v) is 6.66. The number of hydrogen-bond acceptors (Lipinski definition) is 5. The normalized spacial score (nSPS) is 17.8. The van der Waals surface area contributed by atoms with E-state index in [9.17, 15) is 5.11 Å². The first-order chi connectivity index (χ1) is 10.8. The molecule has 22 heavy (non-hydrogen) atoms. The highest BCUT2D eigenvalue weighted by molar-refractivity contribution is 7.17. The Morgan fingerprint density at radius 1 is 1.09 bits per heavy atom. The maximum absolute atomic E-state index is 10.6. The highest BCUT2D eigenvalue weighted by Gasteiger charge is 2.29. The van der Waals surface area contributed by atoms with Crippen molar-refractivity contribution in [2.24, 2.45) is 0 Å². The first-order valence-corrected chi connectivity index (χ1v) is 8.46. The van der Waals surface area contributed by atoms with E-state index in [-0.39, 0.29) is 11.9 Å². The fourth-order valence-corrected chi connectivity index (χ4v) is 4.30. The summed E-state index contributed by atoms with van der Waals surface area (Å²) >= 11 is 1.52. The molecule has 0 unspecified atom stereocenters. The van der Waals surface area contributed by atoms with Gasteiger partial charge in [0, 0.05) is 0 Å². The van der Waals surface area contributed by atoms with Gasteiger partial charge in [0.15, 0.2) is 0 Å². The van der Waals surface area contributed by atoms with Crippen LogP contribution in [0.1, 0.15) is 35.7 Å². The third kappa shape index (κ3) is 2.28. The standard InChI is InChI=1S/C16H18N4OS/c21-15-14(22-16-17-11-18-20(15)16)13(12-7-3-1-4-8-12)19-9-5-2-6-10-19/h1,3-4,7-8,11,13,21H,2,5-6,9-10H2/t13-/m0/s1. The number of nitrogens with zero attached hydrogens (tertiary/aromatic N) is 4. The molecule has 2 aromatic heterocycles. The van der Waals surface area contributed by atoms with Crippen LogP contribution >= 0.6 is 11.3 Å². The molecule has 0 radical (unpaired) electrons. The molecule has 0 bridgehead atoms. The number of piperidine rings is 1. The summed E-state index contributed by atoms with van der Waals surface area (Å²) in [5.41, 5.74) is 1.21. The van der Waals surface area contributed by atoms with E-state index in [1.165, 1.54) is 47.0 Å². The summed E-state index contributed by atoms with van der Waals surface area (Å²) in [6, 6.07) is 10.5. The second kappa shape index (κ2) is 5.70. The van der Waals surface area contributed by atoms with Crippen LogP contribution in [0.25, 0.3) is 4.96 Å². The lowest BCUT2D eigenvalue weighted by molar-refractivity contribution is 0.186. The van der Waals surface area contributed by atoms with Crippen LogP contribution in [0.2, 0.25) is 0 Å². The van der Waals surface area contributed by atoms with Crippen molar-refractivity contribution >= 4 is 16.3 Å². The Kier molecular flexibility index (Phi) is 3.56. The fraction of sp³-hybridized carbons (Fsp3) is 0.375. The summed E-state index contributed by atoms with van der Waals surface area (Å²) < 4.78 is 1.53. The molecule has 1 N–H and O–H groups in total. The summed E-state index contributed by atoms with van der Waals surface area (Å²) in [6.07, 6.45) is 5.20. The minimum atomic E-state index is 0.0787. The molecule has 3 aromatic rings. The van der Waals surface area contributed by atoms with Crippen LogP contribution in [-0.2, 0) is 0 Å². The van der Waals surface area contributed by atoms with Crippen LogP contribution in [0.3, 0.4) is 0 Å². The molecular formula is C16H18N4OS. The van der Waals surface area contributed by atoms with Gasteiger partial charge in [0.25, 0.3) is 0 Å². The minimum absolute atomic E-state index is 0.0787. The lowest BCUT2D eigenvalue weighted by Crippen LogP contribution is -2.34. The molecule has 3 heterocycles. The first-order valence-electron chi connectivity index (χ1n) is 7.65. The molecular weight excluding hydrogens is 296 g/mol. The first kappa shape index (κ1) is 13.7. The van der Waals surface area contributed by atoms with Crippen LogP contribution in [0.5, 0.6) is 5.88 Å². The van der Waals surface area contributed by atoms with E-state index < -0.39 is 0 Å². The van der Waals surface area contributed by atoms with E-state index in [0.29, 0.717) is 0 Å². The van der Waals surface area contributed by atoms with Crippen molar-refractivity contribution in [1.82, 2.24) is 19.5 Å². The lowest BCUT2D eigenvalue weighted by Gasteiger charge is -2.34. The van der Waals surface area contributed by atoms with Crippen LogP contribution in [0.4, 0.5) is 0 Å². The molecule has 0 amide bonds. The Morgan fingerprint density at radius 3 is 2.59 bits per heavy atom. The molecule has 6 heteroatoms. The number of benzene rings is 1. The molecule has 1 fully saturated rings. The van der Waals surface area contributed by atoms with Gasteiger partial charge in [0.1, 0.15) is 6.33 Å². The number of thiazole rings is 1. The Bertz CT molecular complexity index is 761. The quantitative estimate of drug-likeness (QED) is 0.807. The van der Waals surface area contributed by atoms with Gasteiger partial charge in [-0.2, -0.15) is 9.61 Å². The molecule has 1 saturated heterocycles. The van der Waals surface area contributed by atoms with Crippen LogP contribution in [-0.4, -0.2) is 37.7 Å². The van der Waals surface area contributed by atoms with E-state index in [0.717, 1.165) is 22.9 Å². The van der Waals surface area contributed by atoms with Gasteiger partial charge in [-0.3, -0.25) is 4.90 Å². The second-order valence-electron chi connectivity index (χ2n) is 5.65. The van der Waals surface area contributed by atoms with Crippen molar-refractivity contribution in [2.75, 3.05) is 13.1 Å². The molecule has 1 aliphatic rings. The molecule has 1 aliphatic heterocycles. The van der Waals surface area contributed by atoms with Crippen molar-refractivity contribution < 1.29 is 5.11 Å². The fourth-order valence-electron chi connectivity index (χ4n) is 3.21. The zero-order valence-electron chi connectivity index (χ0n) is 12.2. The van der Waals surface area contributed by atoms with Crippen LogP contribution < -0.4 is 0 Å². The Balaban J connectivity index is 1.82. The monoisotopic (exact) mass is 314 g/mol. The van der Waals surface area contributed by atoms with E-state index >= 15 is 0 Å². The van der Waals surface area contributed by atoms with Crippen molar-refractivity contribution in [1.29, 1.82) is 0 Å². The number of aromatic hydroxyl groups is 1. The summed E-state index contributed by atoms with van der Waals surface area (Å²) in [6.45, 7) is 2.12. The van der Waals surface area contributed by atoms with Gasteiger partial charge >= 0.3 is 0 Å². The van der Waals surface area contributed by atoms with Gasteiger partial charge in [-0.25, -0.2) is 4.98 Å². The summed E-state index contributed by atoms with van der Waals surface area (Å²) in [7, 11) is 0. The highest BCUT2D eigenvalue weighted by Crippen LogP contribution is 2.40. The van der Waals surface area contributed by atoms with Gasteiger partial charge < -0.3 is 5.11 Å². The maximum atomic E-state index is 10.6. The zero-order chi connectivity index (χ0) is 14.9. The molecule has 1 atom stereocenters. The Hall–Kier alpha value is -1.92. The number of aromatic nitrogens is 3. The summed E-state index contributed by atoms with van der Waals surface area (Å²) in [5.74, 6) is 0.219. The maximum Gasteiger partial charge on any atom is 0.230 e. The average molecular weight is 314 g/mol. The average Bonchev–Trinajstić information content (AvgIpc) is 3.14. The van der Waals surface area contributed by atoms with Crippen molar-refractivity contribution in [3.05, 3.63) is 47.1 Å². The van der Waals surface area contributed by atoms with Crippen molar-refractivity contribution in [3.8, 4) is 5.88 Å². The van der Waals surface area contributed by atoms with Crippen molar-refractivity contribution in [3.63, 3.8) is 0 Å². The predicted octanol–water partition coefficient (Wildman–Crippen LogP) is 3.07. The van der Waals surface area contributed by atoms with E-state index in [1.54, 1.807) is 0 Å². The Labute approximate surface area is 132 Å². The molecule has 5 nitrogen and oxygen atoms in total. The number of rotatable bonds is 3. The molecule has 4 rings (SSSR count). The van der Waals surface area contributed by atoms with Gasteiger partial charge in [-0.05, 0) is 31.5 Å². The smallest absolute Gasteiger partial charge is 0.230 e. The van der Waals surface area contributed by atoms with E-state index in [2.05, 4.69) is 39.2 Å². The zero-order valence-corrected chi connectivity index (χ0v) is 13.0. The summed E-state index contributed by atoms with van der Waals surface area (Å²) in [5, 5.41) is 14.7. The third-order valence-corrected chi connectivity index (χ3v) is 5.34. The van der Waals surface area contributed by atoms with Gasteiger partial charge in [0.2, 0.25) is 10.8 Å². The molecule has 0 saturated carbocycles.